The van der Waals surface area contributed by atoms with Crippen molar-refractivity contribution in [3.63, 3.8) is 0 Å². The summed E-state index contributed by atoms with van der Waals surface area (Å²) in [6, 6.07) is 3.71. The zero-order valence-electron chi connectivity index (χ0n) is 8.69. The molecule has 0 saturated heterocycles. The van der Waals surface area contributed by atoms with Gasteiger partial charge in [0.2, 0.25) is 0 Å². The van der Waals surface area contributed by atoms with Crippen molar-refractivity contribution in [2.24, 2.45) is 0 Å². The molecule has 2 rings (SSSR count). The standard InChI is InChI=1S/C11H5BrClFN2O2/c12-7-4-15-10(16-9(7)11(17)18)6-2-1-5(14)3-8(6)13/h1-4H,(H,17,18). The Balaban J connectivity index is 2.58. The average Bonchev–Trinajstić information content (AvgIpc) is 2.30. The fourth-order valence-electron chi connectivity index (χ4n) is 1.32. The first-order valence-electron chi connectivity index (χ1n) is 4.70. The number of carboxylic acids is 1. The van der Waals surface area contributed by atoms with E-state index in [0.29, 0.717) is 5.56 Å². The summed E-state index contributed by atoms with van der Waals surface area (Å²) in [5.74, 6) is -1.55. The normalized spacial score (nSPS) is 10.4. The van der Waals surface area contributed by atoms with E-state index in [1.807, 2.05) is 0 Å². The van der Waals surface area contributed by atoms with E-state index >= 15 is 0 Å². The van der Waals surface area contributed by atoms with Gasteiger partial charge in [-0.25, -0.2) is 19.2 Å². The van der Waals surface area contributed by atoms with Gasteiger partial charge in [0.05, 0.1) is 9.50 Å². The van der Waals surface area contributed by atoms with Crippen molar-refractivity contribution < 1.29 is 14.3 Å². The number of hydrogen-bond acceptors (Lipinski definition) is 3. The molecule has 0 aliphatic heterocycles. The van der Waals surface area contributed by atoms with Gasteiger partial charge in [-0.15, -0.1) is 0 Å². The molecule has 1 aromatic heterocycles. The summed E-state index contributed by atoms with van der Waals surface area (Å²) < 4.78 is 13.2. The number of halogens is 3. The molecule has 0 amide bonds. The van der Waals surface area contributed by atoms with Crippen molar-refractivity contribution in [2.45, 2.75) is 0 Å². The zero-order chi connectivity index (χ0) is 13.3. The Morgan fingerprint density at radius 3 is 2.78 bits per heavy atom. The highest BCUT2D eigenvalue weighted by molar-refractivity contribution is 9.10. The highest BCUT2D eigenvalue weighted by Crippen LogP contribution is 2.27. The van der Waals surface area contributed by atoms with E-state index in [9.17, 15) is 9.18 Å². The molecule has 1 heterocycles. The van der Waals surface area contributed by atoms with Gasteiger partial charge >= 0.3 is 5.97 Å². The highest BCUT2D eigenvalue weighted by atomic mass is 79.9. The summed E-state index contributed by atoms with van der Waals surface area (Å²) >= 11 is 8.89. The van der Waals surface area contributed by atoms with Crippen molar-refractivity contribution in [2.75, 3.05) is 0 Å². The Labute approximate surface area is 115 Å². The lowest BCUT2D eigenvalue weighted by Gasteiger charge is -2.05. The van der Waals surface area contributed by atoms with Gasteiger partial charge in [-0.05, 0) is 34.1 Å². The SMILES string of the molecule is O=C(O)c1nc(-c2ccc(F)cc2Cl)ncc1Br. The Bertz CT molecular complexity index is 636. The molecule has 0 aliphatic rings. The van der Waals surface area contributed by atoms with Gasteiger partial charge < -0.3 is 5.11 Å². The molecule has 2 aromatic rings. The van der Waals surface area contributed by atoms with E-state index in [1.54, 1.807) is 0 Å². The Morgan fingerprint density at radius 2 is 2.17 bits per heavy atom. The molecule has 0 aliphatic carbocycles. The molecule has 0 radical (unpaired) electrons. The first-order chi connectivity index (χ1) is 8.49. The first-order valence-corrected chi connectivity index (χ1v) is 5.87. The van der Waals surface area contributed by atoms with Crippen LogP contribution in [0.5, 0.6) is 0 Å². The number of rotatable bonds is 2. The van der Waals surface area contributed by atoms with Gasteiger partial charge in [-0.3, -0.25) is 0 Å². The maximum Gasteiger partial charge on any atom is 0.355 e. The lowest BCUT2D eigenvalue weighted by molar-refractivity contribution is 0.0689. The van der Waals surface area contributed by atoms with Gasteiger partial charge in [-0.2, -0.15) is 0 Å². The molecule has 0 bridgehead atoms. The summed E-state index contributed by atoms with van der Waals surface area (Å²) in [4.78, 5) is 18.8. The molecule has 0 fully saturated rings. The van der Waals surface area contributed by atoms with Crippen LogP contribution >= 0.6 is 27.5 Å². The number of aromatic carboxylic acids is 1. The van der Waals surface area contributed by atoms with Gasteiger partial charge in [0.15, 0.2) is 11.5 Å². The van der Waals surface area contributed by atoms with Crippen LogP contribution in [-0.2, 0) is 0 Å². The molecule has 7 heteroatoms. The number of hydrogen-bond donors (Lipinski definition) is 1. The number of nitrogens with zero attached hydrogens (tertiary/aromatic N) is 2. The van der Waals surface area contributed by atoms with E-state index in [1.165, 1.54) is 18.3 Å². The second-order valence-electron chi connectivity index (χ2n) is 3.32. The molecule has 1 N–H and O–H groups in total. The van der Waals surface area contributed by atoms with Gasteiger partial charge in [-0.1, -0.05) is 11.6 Å². The quantitative estimate of drug-likeness (QED) is 0.916. The fourth-order valence-corrected chi connectivity index (χ4v) is 1.93. The van der Waals surface area contributed by atoms with Gasteiger partial charge in [0.1, 0.15) is 5.82 Å². The van der Waals surface area contributed by atoms with Crippen LogP contribution in [0.3, 0.4) is 0 Å². The van der Waals surface area contributed by atoms with Crippen LogP contribution < -0.4 is 0 Å². The van der Waals surface area contributed by atoms with Crippen LogP contribution in [0.4, 0.5) is 4.39 Å². The van der Waals surface area contributed by atoms with Crippen molar-refractivity contribution in [1.29, 1.82) is 0 Å². The maximum absolute atomic E-state index is 12.9. The van der Waals surface area contributed by atoms with Crippen LogP contribution in [0.25, 0.3) is 11.4 Å². The minimum absolute atomic E-state index is 0.119. The third kappa shape index (κ3) is 2.49. The first kappa shape index (κ1) is 12.9. The fraction of sp³-hybridized carbons (Fsp3) is 0. The van der Waals surface area contributed by atoms with Crippen molar-refractivity contribution in [3.05, 3.63) is 45.4 Å². The predicted molar refractivity (Wildman–Crippen MR) is 67.1 cm³/mol. The minimum atomic E-state index is -1.19. The van der Waals surface area contributed by atoms with Crippen LogP contribution in [0.15, 0.2) is 28.9 Å². The van der Waals surface area contributed by atoms with E-state index in [2.05, 4.69) is 25.9 Å². The lowest BCUT2D eigenvalue weighted by atomic mass is 10.2. The largest absolute Gasteiger partial charge is 0.476 e. The second-order valence-corrected chi connectivity index (χ2v) is 4.58. The van der Waals surface area contributed by atoms with Gasteiger partial charge in [0.25, 0.3) is 0 Å². The molecule has 4 nitrogen and oxygen atoms in total. The monoisotopic (exact) mass is 330 g/mol. The summed E-state index contributed by atoms with van der Waals surface area (Å²) in [7, 11) is 0. The van der Waals surface area contributed by atoms with Crippen LogP contribution in [0.2, 0.25) is 5.02 Å². The molecule has 92 valence electrons. The van der Waals surface area contributed by atoms with Crippen LogP contribution in [0, 0.1) is 5.82 Å². The predicted octanol–water partition coefficient (Wildman–Crippen LogP) is 3.40. The van der Waals surface area contributed by atoms with Crippen molar-refractivity contribution in [3.8, 4) is 11.4 Å². The molecule has 1 aromatic carbocycles. The second kappa shape index (κ2) is 4.99. The van der Waals surface area contributed by atoms with Crippen LogP contribution in [0.1, 0.15) is 10.5 Å². The van der Waals surface area contributed by atoms with Crippen molar-refractivity contribution >= 4 is 33.5 Å². The smallest absolute Gasteiger partial charge is 0.355 e. The summed E-state index contributed by atoms with van der Waals surface area (Å²) in [5, 5.41) is 9.06. The lowest BCUT2D eigenvalue weighted by Crippen LogP contribution is -2.04. The minimum Gasteiger partial charge on any atom is -0.476 e. The summed E-state index contributed by atoms with van der Waals surface area (Å²) in [6.45, 7) is 0. The number of carbonyl (C=O) groups is 1. The molecule has 0 saturated carbocycles. The number of carboxylic acid groups (broad SMARTS) is 1. The Hall–Kier alpha value is -1.53. The number of aromatic nitrogens is 2. The molecule has 0 atom stereocenters. The third-order valence-corrected chi connectivity index (χ3v) is 3.01. The summed E-state index contributed by atoms with van der Waals surface area (Å²) in [5.41, 5.74) is 0.188. The Morgan fingerprint density at radius 1 is 1.44 bits per heavy atom. The van der Waals surface area contributed by atoms with Gasteiger partial charge in [0, 0.05) is 11.8 Å². The topological polar surface area (TPSA) is 63.1 Å². The van der Waals surface area contributed by atoms with Crippen molar-refractivity contribution in [1.82, 2.24) is 9.97 Å². The van der Waals surface area contributed by atoms with E-state index in [4.69, 9.17) is 16.7 Å². The molecule has 18 heavy (non-hydrogen) atoms. The summed E-state index contributed by atoms with van der Waals surface area (Å²) in [6.07, 6.45) is 1.31. The maximum atomic E-state index is 12.9. The molecular formula is C11H5BrClFN2O2. The van der Waals surface area contributed by atoms with E-state index in [-0.39, 0.29) is 21.0 Å². The zero-order valence-corrected chi connectivity index (χ0v) is 11.0. The van der Waals surface area contributed by atoms with E-state index < -0.39 is 11.8 Å². The number of benzene rings is 1. The average molecular weight is 332 g/mol. The highest BCUT2D eigenvalue weighted by Gasteiger charge is 2.14. The molecular weight excluding hydrogens is 326 g/mol. The van der Waals surface area contributed by atoms with Crippen LogP contribution in [-0.4, -0.2) is 21.0 Å². The Kier molecular flexibility index (Phi) is 3.58. The van der Waals surface area contributed by atoms with E-state index in [0.717, 1.165) is 6.07 Å². The third-order valence-electron chi connectivity index (χ3n) is 2.12. The molecule has 0 spiro atoms. The molecule has 0 unspecified atom stereocenters.